The van der Waals surface area contributed by atoms with E-state index in [9.17, 15) is 9.59 Å². The maximum Gasteiger partial charge on any atom is 0.325 e. The number of nitrogens with zero attached hydrogens (tertiary/aromatic N) is 3. The first kappa shape index (κ1) is 20.2. The number of fused-ring (bicyclic) bond motifs is 1. The van der Waals surface area contributed by atoms with Crippen molar-refractivity contribution in [3.8, 4) is 0 Å². The van der Waals surface area contributed by atoms with Crippen molar-refractivity contribution in [1.82, 2.24) is 20.1 Å². The molecule has 160 valence electrons. The summed E-state index contributed by atoms with van der Waals surface area (Å²) < 4.78 is 0. The van der Waals surface area contributed by atoms with Gasteiger partial charge in [-0.05, 0) is 78.9 Å². The van der Waals surface area contributed by atoms with Crippen LogP contribution in [0.25, 0.3) is 10.9 Å². The summed E-state index contributed by atoms with van der Waals surface area (Å²) in [7, 11) is 0. The topological polar surface area (TPSA) is 65.5 Å². The van der Waals surface area contributed by atoms with Gasteiger partial charge >= 0.3 is 6.03 Å². The minimum absolute atomic E-state index is 0.0951. The summed E-state index contributed by atoms with van der Waals surface area (Å²) in [5.74, 6) is 0.0455. The van der Waals surface area contributed by atoms with E-state index in [4.69, 9.17) is 0 Å². The van der Waals surface area contributed by atoms with Gasteiger partial charge in [-0.15, -0.1) is 0 Å². The van der Waals surface area contributed by atoms with E-state index in [0.717, 1.165) is 43.6 Å². The van der Waals surface area contributed by atoms with Gasteiger partial charge in [0.25, 0.3) is 5.91 Å². The smallest absolute Gasteiger partial charge is 0.323 e. The summed E-state index contributed by atoms with van der Waals surface area (Å²) in [6.07, 6.45) is 3.60. The molecule has 7 heteroatoms. The third kappa shape index (κ3) is 3.72. The van der Waals surface area contributed by atoms with Crippen LogP contribution < -0.4 is 5.32 Å². The molecule has 2 fully saturated rings. The molecule has 0 spiro atoms. The molecule has 0 radical (unpaired) electrons. The zero-order valence-electron chi connectivity index (χ0n) is 17.6. The highest BCUT2D eigenvalue weighted by Crippen LogP contribution is 2.34. The minimum Gasteiger partial charge on any atom is -0.323 e. The van der Waals surface area contributed by atoms with Crippen LogP contribution in [0.1, 0.15) is 30.9 Å². The average Bonchev–Trinajstić information content (AvgIpc) is 3.38. The Hall–Kier alpha value is -2.77. The van der Waals surface area contributed by atoms with Crippen LogP contribution in [0.2, 0.25) is 0 Å². The third-order valence-corrected chi connectivity index (χ3v) is 7.49. The van der Waals surface area contributed by atoms with Crippen molar-refractivity contribution < 1.29 is 9.59 Å². The minimum atomic E-state index is -0.817. The Balaban J connectivity index is 1.25. The van der Waals surface area contributed by atoms with Crippen molar-refractivity contribution in [3.63, 3.8) is 0 Å². The second kappa shape index (κ2) is 8.05. The van der Waals surface area contributed by atoms with Gasteiger partial charge in [0.1, 0.15) is 5.54 Å². The van der Waals surface area contributed by atoms with Crippen molar-refractivity contribution in [2.75, 3.05) is 13.1 Å². The van der Waals surface area contributed by atoms with E-state index in [2.05, 4.69) is 33.4 Å². The molecule has 2 saturated heterocycles. The van der Waals surface area contributed by atoms with Crippen LogP contribution in [0.3, 0.4) is 0 Å². The molecule has 3 amide bonds. The second-order valence-corrected chi connectivity index (χ2v) is 9.47. The fraction of sp³-hybridized carbons (Fsp3) is 0.375. The summed E-state index contributed by atoms with van der Waals surface area (Å²) in [5.41, 5.74) is 2.48. The summed E-state index contributed by atoms with van der Waals surface area (Å²) in [6.45, 7) is 4.93. The summed E-state index contributed by atoms with van der Waals surface area (Å²) in [5, 5.41) is 8.16. The molecule has 0 saturated carbocycles. The average molecular weight is 435 g/mol. The van der Waals surface area contributed by atoms with E-state index < -0.39 is 5.54 Å². The van der Waals surface area contributed by atoms with Crippen LogP contribution in [-0.2, 0) is 17.9 Å². The summed E-state index contributed by atoms with van der Waals surface area (Å²) >= 11 is 1.58. The lowest BCUT2D eigenvalue weighted by Crippen LogP contribution is -2.53. The van der Waals surface area contributed by atoms with Gasteiger partial charge in [-0.25, -0.2) is 4.79 Å². The van der Waals surface area contributed by atoms with Crippen molar-refractivity contribution in [2.24, 2.45) is 5.92 Å². The van der Waals surface area contributed by atoms with E-state index in [-0.39, 0.29) is 17.9 Å². The number of benzene rings is 1. The number of likely N-dealkylation sites (tertiary alicyclic amines) is 1. The number of hydrogen-bond acceptors (Lipinski definition) is 5. The summed E-state index contributed by atoms with van der Waals surface area (Å²) in [4.78, 5) is 34.1. The molecule has 3 aromatic rings. The highest BCUT2D eigenvalue weighted by Gasteiger charge is 2.52. The van der Waals surface area contributed by atoms with Gasteiger partial charge in [0.05, 0.1) is 12.1 Å². The maximum atomic E-state index is 13.2. The molecule has 0 bridgehead atoms. The predicted octanol–water partition coefficient (Wildman–Crippen LogP) is 4.02. The molecule has 31 heavy (non-hydrogen) atoms. The molecule has 1 atom stereocenters. The lowest BCUT2D eigenvalue weighted by atomic mass is 9.78. The van der Waals surface area contributed by atoms with Crippen LogP contribution in [-0.4, -0.2) is 45.4 Å². The fourth-order valence-corrected chi connectivity index (χ4v) is 5.58. The molecule has 6 nitrogen and oxygen atoms in total. The molecular weight excluding hydrogens is 408 g/mol. The van der Waals surface area contributed by atoms with E-state index in [1.807, 2.05) is 42.1 Å². The SMILES string of the molecule is CC1(C2CCN(Cc3cccc4ncccc34)CC2)NC(=O)N(Cc2ccsc2)C1=O. The molecule has 1 N–H and O–H groups in total. The van der Waals surface area contributed by atoms with E-state index in [1.54, 1.807) is 11.3 Å². The zero-order chi connectivity index (χ0) is 21.4. The number of pyridine rings is 1. The Morgan fingerprint density at radius 1 is 1.13 bits per heavy atom. The third-order valence-electron chi connectivity index (χ3n) is 6.76. The Bertz CT molecular complexity index is 1100. The van der Waals surface area contributed by atoms with Crippen molar-refractivity contribution in [3.05, 3.63) is 64.5 Å². The Labute approximate surface area is 185 Å². The van der Waals surface area contributed by atoms with Crippen LogP contribution in [0.5, 0.6) is 0 Å². The number of amides is 3. The number of imide groups is 1. The number of hydrogen-bond donors (Lipinski definition) is 1. The van der Waals surface area contributed by atoms with Crippen molar-refractivity contribution >= 4 is 34.2 Å². The number of nitrogens with one attached hydrogen (secondary N) is 1. The monoisotopic (exact) mass is 434 g/mol. The van der Waals surface area contributed by atoms with E-state index >= 15 is 0 Å². The predicted molar refractivity (Wildman–Crippen MR) is 122 cm³/mol. The Morgan fingerprint density at radius 3 is 2.74 bits per heavy atom. The maximum absolute atomic E-state index is 13.2. The number of carbonyl (C=O) groups is 2. The number of aromatic nitrogens is 1. The van der Waals surface area contributed by atoms with E-state index in [1.165, 1.54) is 15.8 Å². The lowest BCUT2D eigenvalue weighted by molar-refractivity contribution is -0.133. The van der Waals surface area contributed by atoms with Crippen LogP contribution in [0.15, 0.2) is 53.4 Å². The van der Waals surface area contributed by atoms with Crippen LogP contribution in [0, 0.1) is 5.92 Å². The fourth-order valence-electron chi connectivity index (χ4n) is 4.92. The molecule has 2 aliphatic rings. The molecule has 5 rings (SSSR count). The van der Waals surface area contributed by atoms with Gasteiger partial charge < -0.3 is 5.32 Å². The second-order valence-electron chi connectivity index (χ2n) is 8.69. The quantitative estimate of drug-likeness (QED) is 0.616. The summed E-state index contributed by atoms with van der Waals surface area (Å²) in [6, 6.07) is 12.1. The molecule has 0 aliphatic carbocycles. The lowest BCUT2D eigenvalue weighted by Gasteiger charge is -2.39. The first-order valence-corrected chi connectivity index (χ1v) is 11.7. The Morgan fingerprint density at radius 2 is 1.97 bits per heavy atom. The van der Waals surface area contributed by atoms with E-state index in [0.29, 0.717) is 6.54 Å². The van der Waals surface area contributed by atoms with Gasteiger partial charge in [0.15, 0.2) is 0 Å². The Kier molecular flexibility index (Phi) is 5.24. The molecule has 2 aliphatic heterocycles. The van der Waals surface area contributed by atoms with Gasteiger partial charge in [-0.1, -0.05) is 18.2 Å². The van der Waals surface area contributed by atoms with Gasteiger partial charge in [-0.2, -0.15) is 11.3 Å². The number of urea groups is 1. The standard InChI is InChI=1S/C24H26N4O2S/c1-24(22(29)28(23(30)26-24)14-17-9-13-31-16-17)19-7-11-27(12-8-19)15-18-4-2-6-21-20(18)5-3-10-25-21/h2-6,9-10,13,16,19H,7-8,11-12,14-15H2,1H3,(H,26,30). The number of carbonyl (C=O) groups excluding carboxylic acids is 2. The van der Waals surface area contributed by atoms with Crippen LogP contribution in [0.4, 0.5) is 4.79 Å². The van der Waals surface area contributed by atoms with Crippen LogP contribution >= 0.6 is 11.3 Å². The highest BCUT2D eigenvalue weighted by atomic mass is 32.1. The van der Waals surface area contributed by atoms with Gasteiger partial charge in [0.2, 0.25) is 0 Å². The number of piperidine rings is 1. The normalized spacial score (nSPS) is 22.9. The molecule has 1 unspecified atom stereocenters. The highest BCUT2D eigenvalue weighted by molar-refractivity contribution is 7.07. The molecule has 4 heterocycles. The first-order valence-electron chi connectivity index (χ1n) is 10.7. The zero-order valence-corrected chi connectivity index (χ0v) is 18.4. The molecular formula is C24H26N4O2S. The van der Waals surface area contributed by atoms with Gasteiger partial charge in [0, 0.05) is 18.1 Å². The van der Waals surface area contributed by atoms with Crippen molar-refractivity contribution in [2.45, 2.75) is 38.4 Å². The van der Waals surface area contributed by atoms with Gasteiger partial charge in [-0.3, -0.25) is 19.6 Å². The number of rotatable bonds is 5. The van der Waals surface area contributed by atoms with Crippen molar-refractivity contribution in [1.29, 1.82) is 0 Å². The number of thiophene rings is 1. The molecule has 2 aromatic heterocycles. The largest absolute Gasteiger partial charge is 0.325 e. The molecule has 1 aromatic carbocycles. The first-order chi connectivity index (χ1) is 15.0.